The average Bonchev–Trinajstić information content (AvgIpc) is 2.18. The van der Waals surface area contributed by atoms with Crippen molar-refractivity contribution in [3.8, 4) is 6.07 Å². The lowest BCUT2D eigenvalue weighted by Crippen LogP contribution is -2.45. The van der Waals surface area contributed by atoms with E-state index in [1.54, 1.807) is 0 Å². The standard InChI is InChI=1S/C12H24N2O/c1-5-7-11(3)8-15-10-12(4,9-13)14-6-2/h11,14H,5-8,10H2,1-4H3. The van der Waals surface area contributed by atoms with Crippen molar-refractivity contribution >= 4 is 0 Å². The first kappa shape index (κ1) is 14.4. The third-order valence-corrected chi connectivity index (χ3v) is 2.39. The molecule has 15 heavy (non-hydrogen) atoms. The van der Waals surface area contributed by atoms with E-state index in [0.717, 1.165) is 13.2 Å². The molecule has 1 N–H and O–H groups in total. The predicted octanol–water partition coefficient (Wildman–Crippen LogP) is 2.33. The summed E-state index contributed by atoms with van der Waals surface area (Å²) in [5, 5.41) is 12.1. The number of nitriles is 1. The molecule has 0 aromatic carbocycles. The second-order valence-corrected chi connectivity index (χ2v) is 4.38. The Bertz CT molecular complexity index is 200. The van der Waals surface area contributed by atoms with Gasteiger partial charge >= 0.3 is 0 Å². The van der Waals surface area contributed by atoms with Gasteiger partial charge < -0.3 is 4.74 Å². The molecule has 2 unspecified atom stereocenters. The summed E-state index contributed by atoms with van der Waals surface area (Å²) < 4.78 is 5.57. The van der Waals surface area contributed by atoms with E-state index in [9.17, 15) is 0 Å². The van der Waals surface area contributed by atoms with E-state index in [0.29, 0.717) is 12.5 Å². The quantitative estimate of drug-likeness (QED) is 0.671. The second kappa shape index (κ2) is 7.67. The maximum absolute atomic E-state index is 8.99. The number of nitrogens with one attached hydrogen (secondary N) is 1. The van der Waals surface area contributed by atoms with Crippen LogP contribution in [0.2, 0.25) is 0 Å². The molecule has 0 aliphatic rings. The van der Waals surface area contributed by atoms with Gasteiger partial charge in [0.15, 0.2) is 0 Å². The van der Waals surface area contributed by atoms with Gasteiger partial charge in [-0.05, 0) is 25.8 Å². The van der Waals surface area contributed by atoms with E-state index >= 15 is 0 Å². The van der Waals surface area contributed by atoms with E-state index in [4.69, 9.17) is 10.00 Å². The Morgan fingerprint density at radius 1 is 1.47 bits per heavy atom. The summed E-state index contributed by atoms with van der Waals surface area (Å²) in [6, 6.07) is 2.25. The molecule has 0 aromatic rings. The van der Waals surface area contributed by atoms with Crippen molar-refractivity contribution in [1.82, 2.24) is 5.32 Å². The predicted molar refractivity (Wildman–Crippen MR) is 62.6 cm³/mol. The summed E-state index contributed by atoms with van der Waals surface area (Å²) in [6.45, 7) is 10.2. The molecule has 0 radical (unpaired) electrons. The first-order chi connectivity index (χ1) is 7.08. The van der Waals surface area contributed by atoms with E-state index in [1.807, 2.05) is 13.8 Å². The fourth-order valence-electron chi connectivity index (χ4n) is 1.55. The zero-order chi connectivity index (χ0) is 11.7. The molecule has 0 aliphatic heterocycles. The monoisotopic (exact) mass is 212 g/mol. The molecule has 0 aromatic heterocycles. The summed E-state index contributed by atoms with van der Waals surface area (Å²) in [4.78, 5) is 0. The topological polar surface area (TPSA) is 45.0 Å². The number of likely N-dealkylation sites (N-methyl/N-ethyl adjacent to an activating group) is 1. The van der Waals surface area contributed by atoms with Crippen molar-refractivity contribution in [2.45, 2.75) is 46.1 Å². The Kier molecular flexibility index (Phi) is 7.37. The van der Waals surface area contributed by atoms with Crippen LogP contribution in [0.5, 0.6) is 0 Å². The Hall–Kier alpha value is -0.590. The fraction of sp³-hybridized carbons (Fsp3) is 0.917. The van der Waals surface area contributed by atoms with Gasteiger partial charge in [-0.1, -0.05) is 27.2 Å². The molecular weight excluding hydrogens is 188 g/mol. The van der Waals surface area contributed by atoms with Gasteiger partial charge in [0.2, 0.25) is 0 Å². The minimum absolute atomic E-state index is 0.464. The third kappa shape index (κ3) is 6.48. The van der Waals surface area contributed by atoms with Crippen LogP contribution in [-0.4, -0.2) is 25.3 Å². The van der Waals surface area contributed by atoms with Crippen LogP contribution in [0.4, 0.5) is 0 Å². The molecule has 0 bridgehead atoms. The van der Waals surface area contributed by atoms with Crippen LogP contribution in [0.15, 0.2) is 0 Å². The van der Waals surface area contributed by atoms with Gasteiger partial charge in [0.25, 0.3) is 0 Å². The molecular formula is C12H24N2O. The summed E-state index contributed by atoms with van der Waals surface area (Å²) >= 11 is 0. The summed E-state index contributed by atoms with van der Waals surface area (Å²) in [5.41, 5.74) is -0.541. The molecule has 0 amide bonds. The lowest BCUT2D eigenvalue weighted by molar-refractivity contribution is 0.0707. The number of hydrogen-bond donors (Lipinski definition) is 1. The number of ether oxygens (including phenoxy) is 1. The van der Waals surface area contributed by atoms with Gasteiger partial charge in [-0.25, -0.2) is 0 Å². The van der Waals surface area contributed by atoms with Crippen LogP contribution in [0.25, 0.3) is 0 Å². The SMILES string of the molecule is CCCC(C)COCC(C)(C#N)NCC. The van der Waals surface area contributed by atoms with Gasteiger partial charge in [-0.2, -0.15) is 5.26 Å². The summed E-state index contributed by atoms with van der Waals surface area (Å²) in [5.74, 6) is 0.583. The Morgan fingerprint density at radius 2 is 2.13 bits per heavy atom. The zero-order valence-corrected chi connectivity index (χ0v) is 10.5. The van der Waals surface area contributed by atoms with Gasteiger partial charge in [-0.3, -0.25) is 5.32 Å². The fourth-order valence-corrected chi connectivity index (χ4v) is 1.55. The highest BCUT2D eigenvalue weighted by Gasteiger charge is 2.22. The Labute approximate surface area is 93.8 Å². The number of rotatable bonds is 8. The average molecular weight is 212 g/mol. The highest BCUT2D eigenvalue weighted by atomic mass is 16.5. The van der Waals surface area contributed by atoms with Crippen molar-refractivity contribution in [3.05, 3.63) is 0 Å². The smallest absolute Gasteiger partial charge is 0.127 e. The van der Waals surface area contributed by atoms with E-state index in [1.165, 1.54) is 12.8 Å². The number of hydrogen-bond acceptors (Lipinski definition) is 3. The van der Waals surface area contributed by atoms with E-state index < -0.39 is 5.54 Å². The Balaban J connectivity index is 3.77. The van der Waals surface area contributed by atoms with E-state index in [2.05, 4.69) is 25.2 Å². The van der Waals surface area contributed by atoms with Gasteiger partial charge in [-0.15, -0.1) is 0 Å². The van der Waals surface area contributed by atoms with Crippen LogP contribution < -0.4 is 5.32 Å². The van der Waals surface area contributed by atoms with Crippen LogP contribution in [0, 0.1) is 17.2 Å². The highest BCUT2D eigenvalue weighted by molar-refractivity contribution is 5.03. The lowest BCUT2D eigenvalue weighted by Gasteiger charge is -2.23. The Morgan fingerprint density at radius 3 is 2.60 bits per heavy atom. The first-order valence-electron chi connectivity index (χ1n) is 5.82. The minimum atomic E-state index is -0.541. The highest BCUT2D eigenvalue weighted by Crippen LogP contribution is 2.08. The van der Waals surface area contributed by atoms with Crippen molar-refractivity contribution in [2.75, 3.05) is 19.8 Å². The van der Waals surface area contributed by atoms with Crippen LogP contribution in [0.1, 0.15) is 40.5 Å². The van der Waals surface area contributed by atoms with Gasteiger partial charge in [0.05, 0.1) is 12.7 Å². The van der Waals surface area contributed by atoms with Crippen molar-refractivity contribution in [3.63, 3.8) is 0 Å². The van der Waals surface area contributed by atoms with Crippen molar-refractivity contribution in [1.29, 1.82) is 5.26 Å². The number of nitrogens with zero attached hydrogens (tertiary/aromatic N) is 1. The largest absolute Gasteiger partial charge is 0.378 e. The minimum Gasteiger partial charge on any atom is -0.378 e. The maximum atomic E-state index is 8.99. The van der Waals surface area contributed by atoms with Crippen LogP contribution in [-0.2, 0) is 4.74 Å². The molecule has 0 saturated heterocycles. The molecule has 3 nitrogen and oxygen atoms in total. The molecule has 0 fully saturated rings. The third-order valence-electron chi connectivity index (χ3n) is 2.39. The second-order valence-electron chi connectivity index (χ2n) is 4.38. The molecule has 2 atom stereocenters. The normalized spacial score (nSPS) is 16.7. The first-order valence-corrected chi connectivity index (χ1v) is 5.82. The van der Waals surface area contributed by atoms with Gasteiger partial charge in [0.1, 0.15) is 5.54 Å². The van der Waals surface area contributed by atoms with Gasteiger partial charge in [0, 0.05) is 6.61 Å². The van der Waals surface area contributed by atoms with Crippen molar-refractivity contribution in [2.24, 2.45) is 5.92 Å². The molecule has 0 heterocycles. The van der Waals surface area contributed by atoms with Crippen molar-refractivity contribution < 1.29 is 4.74 Å². The molecule has 0 spiro atoms. The van der Waals surface area contributed by atoms with Crippen LogP contribution in [0.3, 0.4) is 0 Å². The van der Waals surface area contributed by atoms with E-state index in [-0.39, 0.29) is 0 Å². The molecule has 3 heteroatoms. The summed E-state index contributed by atoms with van der Waals surface area (Å²) in [6.07, 6.45) is 2.37. The van der Waals surface area contributed by atoms with Crippen LogP contribution >= 0.6 is 0 Å². The zero-order valence-electron chi connectivity index (χ0n) is 10.5. The lowest BCUT2D eigenvalue weighted by atomic mass is 10.1. The molecule has 0 saturated carbocycles. The molecule has 0 aliphatic carbocycles. The summed E-state index contributed by atoms with van der Waals surface area (Å²) in [7, 11) is 0. The maximum Gasteiger partial charge on any atom is 0.127 e. The molecule has 0 rings (SSSR count). The molecule has 88 valence electrons.